The summed E-state index contributed by atoms with van der Waals surface area (Å²) >= 11 is 0. The second-order valence-electron chi connectivity index (χ2n) is 7.98. The Morgan fingerprint density at radius 1 is 1.03 bits per heavy atom. The summed E-state index contributed by atoms with van der Waals surface area (Å²) in [7, 11) is 0. The Kier molecular flexibility index (Phi) is 5.64. The Bertz CT molecular complexity index is 1360. The third-order valence-corrected chi connectivity index (χ3v) is 5.73. The van der Waals surface area contributed by atoms with Crippen LogP contribution in [0.1, 0.15) is 36.9 Å². The molecule has 0 bridgehead atoms. The van der Waals surface area contributed by atoms with Crippen molar-refractivity contribution in [3.05, 3.63) is 60.2 Å². The highest BCUT2D eigenvalue weighted by Gasteiger charge is 2.26. The molecule has 5 rings (SSSR count). The Morgan fingerprint density at radius 2 is 1.88 bits per heavy atom. The van der Waals surface area contributed by atoms with Crippen molar-refractivity contribution in [2.24, 2.45) is 5.92 Å². The molecular weight excluding hydrogens is 418 g/mol. The van der Waals surface area contributed by atoms with E-state index < -0.39 is 5.97 Å². The Labute approximate surface area is 189 Å². The molecule has 1 fully saturated rings. The summed E-state index contributed by atoms with van der Waals surface area (Å²) in [6.45, 7) is 0. The lowest BCUT2D eigenvalue weighted by molar-refractivity contribution is -0.142. The van der Waals surface area contributed by atoms with Crippen LogP contribution in [-0.4, -0.2) is 47.3 Å². The van der Waals surface area contributed by atoms with E-state index in [4.69, 9.17) is 5.11 Å². The van der Waals surface area contributed by atoms with Gasteiger partial charge in [0.15, 0.2) is 5.82 Å². The van der Waals surface area contributed by atoms with Gasteiger partial charge in [-0.1, -0.05) is 5.92 Å². The van der Waals surface area contributed by atoms with Gasteiger partial charge in [-0.25, -0.2) is 19.9 Å². The highest BCUT2D eigenvalue weighted by atomic mass is 16.4. The number of aromatic nitrogens is 6. The summed E-state index contributed by atoms with van der Waals surface area (Å²) < 4.78 is 0. The first-order valence-electron chi connectivity index (χ1n) is 10.7. The van der Waals surface area contributed by atoms with Gasteiger partial charge in [-0.05, 0) is 61.9 Å². The normalized spacial score (nSPS) is 17.8. The van der Waals surface area contributed by atoms with Crippen molar-refractivity contribution in [1.29, 1.82) is 0 Å². The van der Waals surface area contributed by atoms with E-state index >= 15 is 0 Å². The first kappa shape index (κ1) is 20.6. The monoisotopic (exact) mass is 439 g/mol. The van der Waals surface area contributed by atoms with Crippen molar-refractivity contribution in [1.82, 2.24) is 30.1 Å². The van der Waals surface area contributed by atoms with Crippen LogP contribution in [0.15, 0.2) is 48.9 Å². The molecule has 0 saturated heterocycles. The summed E-state index contributed by atoms with van der Waals surface area (Å²) in [5.41, 5.74) is 3.02. The predicted octanol–water partition coefficient (Wildman–Crippen LogP) is 3.27. The number of carboxylic acid groups (broad SMARTS) is 1. The Balaban J connectivity index is 1.30. The van der Waals surface area contributed by atoms with Crippen molar-refractivity contribution >= 4 is 22.8 Å². The molecule has 1 aliphatic carbocycles. The van der Waals surface area contributed by atoms with Gasteiger partial charge in [0, 0.05) is 29.4 Å². The number of carboxylic acids is 1. The van der Waals surface area contributed by atoms with Crippen LogP contribution in [0.4, 0.5) is 5.95 Å². The summed E-state index contributed by atoms with van der Waals surface area (Å²) in [5, 5.41) is 20.4. The second kappa shape index (κ2) is 9.04. The van der Waals surface area contributed by atoms with E-state index in [1.165, 1.54) is 0 Å². The van der Waals surface area contributed by atoms with Crippen LogP contribution in [0.25, 0.3) is 22.4 Å². The lowest BCUT2D eigenvalue weighted by atomic mass is 9.86. The summed E-state index contributed by atoms with van der Waals surface area (Å²) in [5.74, 6) is 6.19. The maximum absolute atomic E-state index is 11.1. The molecule has 0 aliphatic heterocycles. The quantitative estimate of drug-likeness (QED) is 0.413. The van der Waals surface area contributed by atoms with Gasteiger partial charge < -0.3 is 10.4 Å². The maximum Gasteiger partial charge on any atom is 0.306 e. The first-order chi connectivity index (χ1) is 16.1. The summed E-state index contributed by atoms with van der Waals surface area (Å²) in [6.07, 6.45) is 7.95. The Morgan fingerprint density at radius 3 is 2.73 bits per heavy atom. The summed E-state index contributed by atoms with van der Waals surface area (Å²) in [4.78, 5) is 28.9. The van der Waals surface area contributed by atoms with Gasteiger partial charge in [0.05, 0.1) is 17.6 Å². The number of nitrogens with one attached hydrogen (secondary N) is 2. The highest BCUT2D eigenvalue weighted by Crippen LogP contribution is 2.26. The van der Waals surface area contributed by atoms with E-state index in [-0.39, 0.29) is 12.0 Å². The van der Waals surface area contributed by atoms with Crippen LogP contribution < -0.4 is 5.32 Å². The number of nitrogens with zero attached hydrogens (tertiary/aromatic N) is 5. The zero-order valence-corrected chi connectivity index (χ0v) is 17.7. The van der Waals surface area contributed by atoms with Crippen LogP contribution in [0.3, 0.4) is 0 Å². The van der Waals surface area contributed by atoms with Gasteiger partial charge in [-0.3, -0.25) is 9.89 Å². The number of fused-ring (bicyclic) bond motifs is 1. The average molecular weight is 439 g/mol. The molecule has 0 spiro atoms. The van der Waals surface area contributed by atoms with Gasteiger partial charge in [0.25, 0.3) is 0 Å². The molecule has 0 radical (unpaired) electrons. The summed E-state index contributed by atoms with van der Waals surface area (Å²) in [6, 6.07) is 9.52. The molecule has 9 nitrogen and oxygen atoms in total. The van der Waals surface area contributed by atoms with Crippen molar-refractivity contribution in [2.45, 2.75) is 31.7 Å². The topological polar surface area (TPSA) is 130 Å². The smallest absolute Gasteiger partial charge is 0.306 e. The molecule has 3 aromatic heterocycles. The van der Waals surface area contributed by atoms with Crippen LogP contribution in [0, 0.1) is 17.8 Å². The number of H-pyrrole nitrogens is 1. The fourth-order valence-corrected chi connectivity index (χ4v) is 3.93. The third-order valence-electron chi connectivity index (χ3n) is 5.73. The van der Waals surface area contributed by atoms with E-state index in [0.29, 0.717) is 36.0 Å². The molecule has 4 aromatic rings. The van der Waals surface area contributed by atoms with Crippen LogP contribution >= 0.6 is 0 Å². The average Bonchev–Trinajstić information content (AvgIpc) is 3.31. The minimum absolute atomic E-state index is 0.154. The second-order valence-corrected chi connectivity index (χ2v) is 7.98. The maximum atomic E-state index is 11.1. The van der Waals surface area contributed by atoms with E-state index in [1.807, 2.05) is 18.2 Å². The molecule has 33 heavy (non-hydrogen) atoms. The number of aromatic amines is 1. The molecule has 3 heterocycles. The number of benzene rings is 1. The number of hydrogen-bond acceptors (Lipinski definition) is 7. The fraction of sp³-hybridized carbons (Fsp3) is 0.250. The lowest BCUT2D eigenvalue weighted by Crippen LogP contribution is -2.29. The standard InChI is InChI=1S/C24H21N7O2/c32-23(33)16-3-6-18(7-4-16)29-24-26-12-10-21(30-24)22-25-11-9-19(28-22)5-1-15-2-8-20-17(13-15)14-27-31-20/h2,8-14,16,18H,3-4,6-7H2,(H,27,31)(H,32,33)(H,26,29,30)/t16-,18-. The lowest BCUT2D eigenvalue weighted by Gasteiger charge is -2.26. The number of aliphatic carboxylic acids is 1. The third kappa shape index (κ3) is 4.80. The van der Waals surface area contributed by atoms with Crippen LogP contribution in [-0.2, 0) is 4.79 Å². The molecule has 0 atom stereocenters. The number of rotatable bonds is 4. The van der Waals surface area contributed by atoms with Crippen molar-refractivity contribution in [3.8, 4) is 23.4 Å². The molecule has 9 heteroatoms. The predicted molar refractivity (Wildman–Crippen MR) is 122 cm³/mol. The molecule has 0 amide bonds. The van der Waals surface area contributed by atoms with Gasteiger partial charge in [0.2, 0.25) is 5.95 Å². The minimum Gasteiger partial charge on any atom is -0.481 e. The fourth-order valence-electron chi connectivity index (χ4n) is 3.93. The van der Waals surface area contributed by atoms with E-state index in [0.717, 1.165) is 29.3 Å². The van der Waals surface area contributed by atoms with Crippen molar-refractivity contribution < 1.29 is 9.90 Å². The molecular formula is C24H21N7O2. The number of carbonyl (C=O) groups is 1. The zero-order chi connectivity index (χ0) is 22.6. The van der Waals surface area contributed by atoms with Crippen LogP contribution in [0.2, 0.25) is 0 Å². The van der Waals surface area contributed by atoms with Crippen LogP contribution in [0.5, 0.6) is 0 Å². The molecule has 164 valence electrons. The molecule has 1 aromatic carbocycles. The zero-order valence-electron chi connectivity index (χ0n) is 17.7. The van der Waals surface area contributed by atoms with Crippen molar-refractivity contribution in [3.63, 3.8) is 0 Å². The minimum atomic E-state index is -0.714. The SMILES string of the molecule is O=C(O)[C@H]1CC[C@H](Nc2nccc(-c3nccc(C#Cc4ccc5[nH]ncc5c4)n3)n2)CC1. The van der Waals surface area contributed by atoms with E-state index in [9.17, 15) is 4.79 Å². The van der Waals surface area contributed by atoms with Gasteiger partial charge in [-0.2, -0.15) is 5.10 Å². The van der Waals surface area contributed by atoms with E-state index in [1.54, 1.807) is 30.7 Å². The van der Waals surface area contributed by atoms with Gasteiger partial charge in [-0.15, -0.1) is 0 Å². The number of anilines is 1. The molecule has 1 saturated carbocycles. The molecule has 0 unspecified atom stereocenters. The first-order valence-corrected chi connectivity index (χ1v) is 10.7. The highest BCUT2D eigenvalue weighted by molar-refractivity contribution is 5.79. The number of hydrogen-bond donors (Lipinski definition) is 3. The van der Waals surface area contributed by atoms with Gasteiger partial charge in [0.1, 0.15) is 11.4 Å². The van der Waals surface area contributed by atoms with Gasteiger partial charge >= 0.3 is 5.97 Å². The molecule has 3 N–H and O–H groups in total. The van der Waals surface area contributed by atoms with Crippen molar-refractivity contribution in [2.75, 3.05) is 5.32 Å². The Hall–Kier alpha value is -4.32. The largest absolute Gasteiger partial charge is 0.481 e. The molecule has 1 aliphatic rings. The van der Waals surface area contributed by atoms with E-state index in [2.05, 4.69) is 47.3 Å².